The summed E-state index contributed by atoms with van der Waals surface area (Å²) in [4.78, 5) is 7.23. The van der Waals surface area contributed by atoms with E-state index < -0.39 is 10.0 Å². The minimum absolute atomic E-state index is 0.0795. The minimum Gasteiger partial charge on any atom is -0.335 e. The summed E-state index contributed by atoms with van der Waals surface area (Å²) in [6, 6.07) is 3.54. The second kappa shape index (κ2) is 4.36. The summed E-state index contributed by atoms with van der Waals surface area (Å²) in [5.74, 6) is 0. The summed E-state index contributed by atoms with van der Waals surface area (Å²) in [6.45, 7) is 1.81. The van der Waals surface area contributed by atoms with Gasteiger partial charge < -0.3 is 4.98 Å². The minimum atomic E-state index is -3.50. The van der Waals surface area contributed by atoms with Gasteiger partial charge in [-0.05, 0) is 18.4 Å². The maximum Gasteiger partial charge on any atom is 0.258 e. The average molecular weight is 257 g/mol. The summed E-state index contributed by atoms with van der Waals surface area (Å²) in [7, 11) is -3.50. The lowest BCUT2D eigenvalue weighted by Gasteiger charge is -2.11. The van der Waals surface area contributed by atoms with Crippen molar-refractivity contribution in [2.75, 3.05) is 0 Å². The molecule has 2 aromatic heterocycles. The highest BCUT2D eigenvalue weighted by Crippen LogP contribution is 2.20. The number of thiophene rings is 1. The molecule has 0 amide bonds. The number of aromatic nitrogens is 2. The van der Waals surface area contributed by atoms with Crippen LogP contribution in [0, 0.1) is 0 Å². The highest BCUT2D eigenvalue weighted by atomic mass is 32.2. The van der Waals surface area contributed by atoms with Crippen LogP contribution in [0.5, 0.6) is 0 Å². The topological polar surface area (TPSA) is 74.8 Å². The molecule has 2 rings (SSSR count). The van der Waals surface area contributed by atoms with Crippen LogP contribution in [0.15, 0.2) is 35.1 Å². The van der Waals surface area contributed by atoms with Crippen molar-refractivity contribution in [1.82, 2.24) is 14.7 Å². The number of H-pyrrole nitrogens is 1. The lowest BCUT2D eigenvalue weighted by molar-refractivity contribution is 0.565. The summed E-state index contributed by atoms with van der Waals surface area (Å²) in [6.07, 6.45) is 2.62. The molecule has 0 aromatic carbocycles. The number of hydrogen-bond acceptors (Lipinski definition) is 4. The van der Waals surface area contributed by atoms with Crippen molar-refractivity contribution >= 4 is 21.4 Å². The molecule has 5 nitrogen and oxygen atoms in total. The largest absolute Gasteiger partial charge is 0.335 e. The zero-order valence-corrected chi connectivity index (χ0v) is 10.2. The monoisotopic (exact) mass is 257 g/mol. The van der Waals surface area contributed by atoms with E-state index >= 15 is 0 Å². The molecule has 0 aliphatic rings. The van der Waals surface area contributed by atoms with E-state index in [9.17, 15) is 8.42 Å². The van der Waals surface area contributed by atoms with Crippen molar-refractivity contribution in [3.63, 3.8) is 0 Å². The van der Waals surface area contributed by atoms with Gasteiger partial charge in [0.1, 0.15) is 0 Å². The highest BCUT2D eigenvalue weighted by molar-refractivity contribution is 7.89. The molecule has 2 heterocycles. The first-order valence-corrected chi connectivity index (χ1v) is 7.00. The Morgan fingerprint density at radius 3 is 2.94 bits per heavy atom. The third-order valence-corrected chi connectivity index (χ3v) is 4.59. The maximum atomic E-state index is 11.8. The Kier molecular flexibility index (Phi) is 3.08. The van der Waals surface area contributed by atoms with E-state index in [1.165, 1.54) is 23.9 Å². The van der Waals surface area contributed by atoms with Gasteiger partial charge in [0, 0.05) is 4.88 Å². The van der Waals surface area contributed by atoms with Crippen molar-refractivity contribution in [1.29, 1.82) is 0 Å². The molecule has 86 valence electrons. The van der Waals surface area contributed by atoms with Crippen LogP contribution in [0.4, 0.5) is 0 Å². The van der Waals surface area contributed by atoms with E-state index in [0.717, 1.165) is 4.88 Å². The van der Waals surface area contributed by atoms with E-state index in [4.69, 9.17) is 0 Å². The first kappa shape index (κ1) is 11.3. The van der Waals surface area contributed by atoms with Crippen LogP contribution in [0.1, 0.15) is 17.8 Å². The number of rotatable bonds is 4. The molecule has 0 fully saturated rings. The number of sulfonamides is 1. The molecular formula is C9H11N3O2S2. The first-order chi connectivity index (χ1) is 7.59. The Balaban J connectivity index is 2.16. The highest BCUT2D eigenvalue weighted by Gasteiger charge is 2.19. The predicted molar refractivity (Wildman–Crippen MR) is 61.6 cm³/mol. The van der Waals surface area contributed by atoms with Gasteiger partial charge in [-0.25, -0.2) is 18.1 Å². The van der Waals surface area contributed by atoms with Crippen molar-refractivity contribution < 1.29 is 8.42 Å². The van der Waals surface area contributed by atoms with Crippen molar-refractivity contribution in [3.8, 4) is 0 Å². The van der Waals surface area contributed by atoms with Crippen LogP contribution < -0.4 is 4.72 Å². The van der Waals surface area contributed by atoms with Crippen molar-refractivity contribution in [3.05, 3.63) is 34.9 Å². The molecule has 0 saturated heterocycles. The second-order valence-electron chi connectivity index (χ2n) is 3.27. The molecule has 0 saturated carbocycles. The zero-order valence-electron chi connectivity index (χ0n) is 8.54. The molecule has 2 aromatic rings. The Labute approximate surface area is 97.6 Å². The lowest BCUT2D eigenvalue weighted by Crippen LogP contribution is -2.26. The lowest BCUT2D eigenvalue weighted by atomic mass is 10.3. The molecular weight excluding hydrogens is 246 g/mol. The van der Waals surface area contributed by atoms with Gasteiger partial charge in [-0.1, -0.05) is 6.07 Å². The SMILES string of the molecule is CC(NS(=O)(=O)c1cnc[nH]1)c1cccs1. The fourth-order valence-electron chi connectivity index (χ4n) is 1.28. The van der Waals surface area contributed by atoms with E-state index in [0.29, 0.717) is 0 Å². The fraction of sp³-hybridized carbons (Fsp3) is 0.222. The quantitative estimate of drug-likeness (QED) is 0.871. The first-order valence-electron chi connectivity index (χ1n) is 4.64. The summed E-state index contributed by atoms with van der Waals surface area (Å²) >= 11 is 1.52. The van der Waals surface area contributed by atoms with E-state index in [1.54, 1.807) is 6.92 Å². The molecule has 1 unspecified atom stereocenters. The Morgan fingerprint density at radius 1 is 1.56 bits per heavy atom. The number of nitrogens with zero attached hydrogens (tertiary/aromatic N) is 1. The number of nitrogens with one attached hydrogen (secondary N) is 2. The number of aromatic amines is 1. The summed E-state index contributed by atoms with van der Waals surface area (Å²) in [5.41, 5.74) is 0. The van der Waals surface area contributed by atoms with Crippen molar-refractivity contribution in [2.45, 2.75) is 18.0 Å². The van der Waals surface area contributed by atoms with Crippen LogP contribution in [-0.4, -0.2) is 18.4 Å². The predicted octanol–water partition coefficient (Wildman–Crippen LogP) is 1.51. The Morgan fingerprint density at radius 2 is 2.38 bits per heavy atom. The van der Waals surface area contributed by atoms with Gasteiger partial charge in [-0.2, -0.15) is 0 Å². The van der Waals surface area contributed by atoms with Crippen molar-refractivity contribution in [2.24, 2.45) is 0 Å². The van der Waals surface area contributed by atoms with Gasteiger partial charge in [0.2, 0.25) is 0 Å². The normalized spacial score (nSPS) is 13.8. The molecule has 2 N–H and O–H groups in total. The van der Waals surface area contributed by atoms with E-state index in [1.807, 2.05) is 17.5 Å². The van der Waals surface area contributed by atoms with Crippen LogP contribution in [-0.2, 0) is 10.0 Å². The molecule has 0 spiro atoms. The third kappa shape index (κ3) is 2.31. The van der Waals surface area contributed by atoms with Crippen LogP contribution in [0.2, 0.25) is 0 Å². The van der Waals surface area contributed by atoms with Crippen LogP contribution in [0.25, 0.3) is 0 Å². The standard InChI is InChI=1S/C9H11N3O2S2/c1-7(8-3-2-4-15-8)12-16(13,14)9-5-10-6-11-9/h2-7,12H,1H3,(H,10,11). The molecule has 0 aliphatic carbocycles. The van der Waals surface area contributed by atoms with Gasteiger partial charge in [0.05, 0.1) is 18.6 Å². The second-order valence-corrected chi connectivity index (χ2v) is 5.94. The number of imidazole rings is 1. The van der Waals surface area contributed by atoms with E-state index in [-0.39, 0.29) is 11.1 Å². The molecule has 0 radical (unpaired) electrons. The molecule has 0 aliphatic heterocycles. The molecule has 0 bridgehead atoms. The van der Waals surface area contributed by atoms with E-state index in [2.05, 4.69) is 14.7 Å². The Bertz CT molecular complexity index is 531. The fourth-order valence-corrected chi connectivity index (χ4v) is 3.22. The molecule has 16 heavy (non-hydrogen) atoms. The number of hydrogen-bond donors (Lipinski definition) is 2. The summed E-state index contributed by atoms with van der Waals surface area (Å²) in [5, 5.41) is 1.99. The maximum absolute atomic E-state index is 11.8. The molecule has 7 heteroatoms. The molecule has 1 atom stereocenters. The van der Waals surface area contributed by atoms with Crippen LogP contribution in [0.3, 0.4) is 0 Å². The van der Waals surface area contributed by atoms with Crippen LogP contribution >= 0.6 is 11.3 Å². The smallest absolute Gasteiger partial charge is 0.258 e. The Hall–Kier alpha value is -1.18. The van der Waals surface area contributed by atoms with Gasteiger partial charge in [0.15, 0.2) is 5.03 Å². The average Bonchev–Trinajstić information content (AvgIpc) is 2.91. The zero-order chi connectivity index (χ0) is 11.6. The third-order valence-electron chi connectivity index (χ3n) is 2.06. The van der Waals surface area contributed by atoms with Gasteiger partial charge in [0.25, 0.3) is 10.0 Å². The van der Waals surface area contributed by atoms with Gasteiger partial charge in [-0.15, -0.1) is 11.3 Å². The summed E-state index contributed by atoms with van der Waals surface area (Å²) < 4.78 is 26.2. The van der Waals surface area contributed by atoms with Gasteiger partial charge >= 0.3 is 0 Å². The van der Waals surface area contributed by atoms with Gasteiger partial charge in [-0.3, -0.25) is 0 Å².